The summed E-state index contributed by atoms with van der Waals surface area (Å²) in [6, 6.07) is 0. The highest BCUT2D eigenvalue weighted by molar-refractivity contribution is 4.66. The number of ether oxygens (including phenoxy) is 3. The van der Waals surface area contributed by atoms with Crippen molar-refractivity contribution in [2.45, 2.75) is 66.0 Å². The number of hydrogen-bond donors (Lipinski definition) is 0. The van der Waals surface area contributed by atoms with Crippen LogP contribution >= 0.6 is 0 Å². The summed E-state index contributed by atoms with van der Waals surface area (Å²) in [6.45, 7) is 13.6. The van der Waals surface area contributed by atoms with E-state index in [0.29, 0.717) is 0 Å². The van der Waals surface area contributed by atoms with E-state index in [0.717, 1.165) is 13.2 Å². The molecule has 3 heteroatoms. The Bertz CT molecular complexity index is 134. The first-order chi connectivity index (χ1) is 7.02. The van der Waals surface area contributed by atoms with Crippen LogP contribution in [-0.4, -0.2) is 37.6 Å². The van der Waals surface area contributed by atoms with Crippen LogP contribution < -0.4 is 0 Å². The lowest BCUT2D eigenvalue weighted by Gasteiger charge is -2.27. The molecule has 0 aromatic carbocycles. The summed E-state index contributed by atoms with van der Waals surface area (Å²) in [5.41, 5.74) is 0. The molecule has 0 N–H and O–H groups in total. The van der Waals surface area contributed by atoms with Crippen LogP contribution in [0.4, 0.5) is 0 Å². The summed E-state index contributed by atoms with van der Waals surface area (Å²) in [4.78, 5) is 0. The van der Waals surface area contributed by atoms with Crippen LogP contribution in [0.3, 0.4) is 0 Å². The molecule has 0 rings (SSSR count). The van der Waals surface area contributed by atoms with Gasteiger partial charge in [-0.2, -0.15) is 0 Å². The second-order valence-electron chi connectivity index (χ2n) is 3.87. The molecule has 0 saturated heterocycles. The van der Waals surface area contributed by atoms with Crippen LogP contribution in [0.2, 0.25) is 0 Å². The van der Waals surface area contributed by atoms with Crippen molar-refractivity contribution in [2.24, 2.45) is 0 Å². The van der Waals surface area contributed by atoms with Gasteiger partial charge in [-0.15, -0.1) is 0 Å². The minimum atomic E-state index is 0.0999. The summed E-state index contributed by atoms with van der Waals surface area (Å²) < 4.78 is 16.8. The first-order valence-corrected chi connectivity index (χ1v) is 5.91. The molecule has 92 valence electrons. The van der Waals surface area contributed by atoms with E-state index in [-0.39, 0.29) is 24.4 Å². The van der Waals surface area contributed by atoms with Gasteiger partial charge in [0.25, 0.3) is 0 Å². The Kier molecular flexibility index (Phi) is 8.02. The van der Waals surface area contributed by atoms with Crippen molar-refractivity contribution in [2.75, 3.05) is 13.2 Å². The third kappa shape index (κ3) is 6.13. The molecule has 0 aliphatic carbocycles. The van der Waals surface area contributed by atoms with Crippen LogP contribution in [0.15, 0.2) is 0 Å². The van der Waals surface area contributed by atoms with Crippen LogP contribution in [0.1, 0.15) is 41.5 Å². The van der Waals surface area contributed by atoms with Crippen molar-refractivity contribution in [1.82, 2.24) is 0 Å². The van der Waals surface area contributed by atoms with Gasteiger partial charge in [-0.25, -0.2) is 0 Å². The van der Waals surface area contributed by atoms with E-state index in [1.54, 1.807) is 0 Å². The highest BCUT2D eigenvalue weighted by Crippen LogP contribution is 2.10. The summed E-state index contributed by atoms with van der Waals surface area (Å²) in [6.07, 6.45) is 0.461. The van der Waals surface area contributed by atoms with E-state index >= 15 is 0 Å². The van der Waals surface area contributed by atoms with Crippen molar-refractivity contribution in [3.63, 3.8) is 0 Å². The zero-order valence-electron chi connectivity index (χ0n) is 10.9. The highest BCUT2D eigenvalue weighted by Gasteiger charge is 2.19. The average Bonchev–Trinajstić information content (AvgIpc) is 2.18. The summed E-state index contributed by atoms with van der Waals surface area (Å²) in [5, 5.41) is 0. The van der Waals surface area contributed by atoms with Gasteiger partial charge < -0.3 is 14.2 Å². The van der Waals surface area contributed by atoms with E-state index in [2.05, 4.69) is 0 Å². The van der Waals surface area contributed by atoms with Gasteiger partial charge in [0.1, 0.15) is 0 Å². The molecule has 0 spiro atoms. The Balaban J connectivity index is 3.88. The predicted molar refractivity (Wildman–Crippen MR) is 62.2 cm³/mol. The maximum atomic E-state index is 5.83. The zero-order chi connectivity index (χ0) is 11.8. The molecular weight excluding hydrogens is 192 g/mol. The SMILES string of the molecule is CCOC(C)C(C)OC(C)C(C)OCC. The average molecular weight is 218 g/mol. The van der Waals surface area contributed by atoms with Crippen molar-refractivity contribution >= 4 is 0 Å². The molecule has 3 nitrogen and oxygen atoms in total. The normalized spacial score (nSPS) is 19.6. The summed E-state index contributed by atoms with van der Waals surface area (Å²) in [5.74, 6) is 0. The van der Waals surface area contributed by atoms with Crippen molar-refractivity contribution in [3.05, 3.63) is 0 Å². The summed E-state index contributed by atoms with van der Waals surface area (Å²) >= 11 is 0. The topological polar surface area (TPSA) is 27.7 Å². The van der Waals surface area contributed by atoms with Gasteiger partial charge in [0.2, 0.25) is 0 Å². The smallest absolute Gasteiger partial charge is 0.0810 e. The molecule has 0 radical (unpaired) electrons. The zero-order valence-corrected chi connectivity index (χ0v) is 10.9. The third-order valence-electron chi connectivity index (χ3n) is 2.61. The van der Waals surface area contributed by atoms with Gasteiger partial charge in [0.05, 0.1) is 24.4 Å². The Hall–Kier alpha value is -0.120. The summed E-state index contributed by atoms with van der Waals surface area (Å²) in [7, 11) is 0. The Labute approximate surface area is 94.1 Å². The fraction of sp³-hybridized carbons (Fsp3) is 1.00. The molecule has 4 atom stereocenters. The fourth-order valence-corrected chi connectivity index (χ4v) is 1.36. The molecule has 0 aliphatic rings. The van der Waals surface area contributed by atoms with E-state index in [1.165, 1.54) is 0 Å². The Morgan fingerprint density at radius 1 is 0.667 bits per heavy atom. The van der Waals surface area contributed by atoms with Gasteiger partial charge in [-0.05, 0) is 41.5 Å². The molecule has 0 aromatic heterocycles. The molecule has 15 heavy (non-hydrogen) atoms. The Morgan fingerprint density at radius 2 is 1.00 bits per heavy atom. The molecule has 0 aliphatic heterocycles. The van der Waals surface area contributed by atoms with Gasteiger partial charge in [-0.1, -0.05) is 0 Å². The molecule has 0 heterocycles. The standard InChI is InChI=1S/C12H26O3/c1-7-13-9(3)11(5)15-12(6)10(4)14-8-2/h9-12H,7-8H2,1-6H3. The predicted octanol–water partition coefficient (Wildman–Crippen LogP) is 2.63. The maximum absolute atomic E-state index is 5.83. The quantitative estimate of drug-likeness (QED) is 0.627. The second kappa shape index (κ2) is 8.08. The molecule has 0 fully saturated rings. The second-order valence-corrected chi connectivity index (χ2v) is 3.87. The lowest BCUT2D eigenvalue weighted by atomic mass is 10.2. The molecule has 0 saturated carbocycles. The molecule has 0 bridgehead atoms. The van der Waals surface area contributed by atoms with Crippen LogP contribution in [0.25, 0.3) is 0 Å². The van der Waals surface area contributed by atoms with E-state index in [4.69, 9.17) is 14.2 Å². The van der Waals surface area contributed by atoms with E-state index < -0.39 is 0 Å². The van der Waals surface area contributed by atoms with Crippen LogP contribution in [0.5, 0.6) is 0 Å². The van der Waals surface area contributed by atoms with Gasteiger partial charge >= 0.3 is 0 Å². The number of rotatable bonds is 8. The van der Waals surface area contributed by atoms with E-state index in [9.17, 15) is 0 Å². The Morgan fingerprint density at radius 3 is 1.27 bits per heavy atom. The van der Waals surface area contributed by atoms with Gasteiger partial charge in [0, 0.05) is 13.2 Å². The lowest BCUT2D eigenvalue weighted by Crippen LogP contribution is -2.35. The minimum Gasteiger partial charge on any atom is -0.376 e. The van der Waals surface area contributed by atoms with Crippen LogP contribution in [-0.2, 0) is 14.2 Å². The van der Waals surface area contributed by atoms with Crippen LogP contribution in [0, 0.1) is 0 Å². The van der Waals surface area contributed by atoms with Gasteiger partial charge in [0.15, 0.2) is 0 Å². The first kappa shape index (κ1) is 14.9. The third-order valence-corrected chi connectivity index (χ3v) is 2.61. The minimum absolute atomic E-state index is 0.0999. The maximum Gasteiger partial charge on any atom is 0.0810 e. The van der Waals surface area contributed by atoms with Crippen molar-refractivity contribution < 1.29 is 14.2 Å². The molecular formula is C12H26O3. The first-order valence-electron chi connectivity index (χ1n) is 5.91. The molecule has 0 aromatic rings. The monoisotopic (exact) mass is 218 g/mol. The van der Waals surface area contributed by atoms with Crippen molar-refractivity contribution in [3.8, 4) is 0 Å². The molecule has 0 amide bonds. The number of hydrogen-bond acceptors (Lipinski definition) is 3. The molecule has 4 unspecified atom stereocenters. The van der Waals surface area contributed by atoms with Gasteiger partial charge in [-0.3, -0.25) is 0 Å². The largest absolute Gasteiger partial charge is 0.376 e. The highest BCUT2D eigenvalue weighted by atomic mass is 16.6. The fourth-order valence-electron chi connectivity index (χ4n) is 1.36. The lowest BCUT2D eigenvalue weighted by molar-refractivity contribution is -0.120. The van der Waals surface area contributed by atoms with E-state index in [1.807, 2.05) is 41.5 Å². The van der Waals surface area contributed by atoms with Crippen molar-refractivity contribution in [1.29, 1.82) is 0 Å².